The number of nitrogens with one attached hydrogen (secondary N) is 6. The number of hydrogen-bond donors (Lipinski definition) is 6. The van der Waals surface area contributed by atoms with E-state index in [4.69, 9.17) is 56.4 Å². The van der Waals surface area contributed by atoms with E-state index in [9.17, 15) is 33.2 Å². The first kappa shape index (κ1) is 90.9. The number of rotatable bonds is 27. The van der Waals surface area contributed by atoms with Gasteiger partial charge in [0, 0.05) is 97.8 Å². The van der Waals surface area contributed by atoms with E-state index < -0.39 is 29.9 Å². The molecule has 136 heavy (non-hydrogen) atoms. The van der Waals surface area contributed by atoms with E-state index in [1.54, 1.807) is 99.3 Å². The number of aromatic nitrogens is 8. The lowest BCUT2D eigenvalue weighted by Gasteiger charge is -2.28. The molecule has 3 saturated heterocycles. The average molecular weight is 1930 g/mol. The second kappa shape index (κ2) is 40.9. The van der Waals surface area contributed by atoms with Crippen LogP contribution in [0.4, 0.5) is 87.4 Å². The van der Waals surface area contributed by atoms with Crippen LogP contribution in [0.2, 0.25) is 10.0 Å². The van der Waals surface area contributed by atoms with Gasteiger partial charge in [-0.3, -0.25) is 34.1 Å². The van der Waals surface area contributed by atoms with Gasteiger partial charge in [0.05, 0.1) is 101 Å². The van der Waals surface area contributed by atoms with Gasteiger partial charge in [-0.25, -0.2) is 63.4 Å². The first-order chi connectivity index (χ1) is 66.4. The van der Waals surface area contributed by atoms with Crippen molar-refractivity contribution in [3.8, 4) is 34.5 Å². The van der Waals surface area contributed by atoms with Gasteiger partial charge in [0.15, 0.2) is 40.5 Å². The minimum atomic E-state index is -0.516. The van der Waals surface area contributed by atoms with Crippen LogP contribution in [0.1, 0.15) is 84.4 Å². The Morgan fingerprint density at radius 3 is 1.52 bits per heavy atom. The highest BCUT2D eigenvalue weighted by Gasteiger charge is 2.39. The van der Waals surface area contributed by atoms with Crippen LogP contribution in [0.3, 0.4) is 0 Å². The fourth-order valence-corrected chi connectivity index (χ4v) is 20.4. The maximum Gasteiger partial charge on any atom is 0.332 e. The number of piperidine rings is 2. The number of pyridine rings is 1. The fourth-order valence-electron chi connectivity index (χ4n) is 17.0. The van der Waals surface area contributed by atoms with Crippen molar-refractivity contribution in [1.29, 1.82) is 0 Å². The third-order valence-corrected chi connectivity index (χ3v) is 27.6. The summed E-state index contributed by atoms with van der Waals surface area (Å²) >= 11 is 16.6. The summed E-state index contributed by atoms with van der Waals surface area (Å²) in [5.74, 6) is 2.77. The summed E-state index contributed by atoms with van der Waals surface area (Å²) in [5, 5.41) is 20.7. The molecule has 21 rings (SSSR count). The number of carbonyl (C=O) groups is 6. The van der Waals surface area contributed by atoms with Gasteiger partial charge in [-0.05, 0) is 178 Å². The molecule has 6 N–H and O–H groups in total. The number of benzene rings is 7. The van der Waals surface area contributed by atoms with E-state index in [0.29, 0.717) is 168 Å². The van der Waals surface area contributed by atoms with Crippen molar-refractivity contribution in [1.82, 2.24) is 54.2 Å². The number of thiophene rings is 3. The predicted octanol–water partition coefficient (Wildman–Crippen LogP) is 19.9. The predicted molar refractivity (Wildman–Crippen MR) is 525 cm³/mol. The molecule has 6 aliphatic heterocycles. The molecule has 9 amide bonds. The van der Waals surface area contributed by atoms with Crippen LogP contribution in [-0.2, 0) is 24.4 Å². The summed E-state index contributed by atoms with van der Waals surface area (Å²) in [7, 11) is 4.63. The lowest BCUT2D eigenvalue weighted by Crippen LogP contribution is -2.38. The van der Waals surface area contributed by atoms with Crippen LogP contribution in [0, 0.1) is 5.82 Å². The van der Waals surface area contributed by atoms with E-state index in [0.717, 1.165) is 117 Å². The number of anilines is 12. The second-order valence-electron chi connectivity index (χ2n) is 32.4. The number of urea groups is 3. The van der Waals surface area contributed by atoms with Crippen LogP contribution < -0.4 is 75.0 Å². The number of methoxy groups -OCH3 is 3. The third kappa shape index (κ3) is 19.7. The second-order valence-corrected chi connectivity index (χ2v) is 36.2. The SMILES string of the molecule is COc1cc(NC(=O)c2sc3ncnc4c3c2NC(=O)N4c2ccc(OCc3ccccn3)c(Cl)c2)ccc1OCCN1CCOCC1.COc1ccc(Cl)c(N2C(=O)Nc3c(C(=O)Nc4ccc(OCCN5CCCCC5)c(OC)c4)sc4ncnc2c34)c1.O=C(Nc1ccc(CN2CCCCC2)cc1)c1sc2ncnc3c2c1NC(=O)N3c1ccc2c(ccn2Cc2cccc(F)c2)c1. The van der Waals surface area contributed by atoms with Gasteiger partial charge in [-0.2, -0.15) is 0 Å². The first-order valence-electron chi connectivity index (χ1n) is 44.0. The Hall–Kier alpha value is -14.3. The first-order valence-corrected chi connectivity index (χ1v) is 47.2. The van der Waals surface area contributed by atoms with E-state index in [2.05, 4.69) is 93.6 Å². The standard InChI is InChI=1S/C35H30FN7O2S.C33H30ClN7O6S.C29H29ClN6O5S/c36-25-6-4-5-23(17-25)20-42-16-13-24-18-27(11-12-28(24)42)43-32-29-30(40-35(43)45)31(46-34(29)38-21-37-32)33(44)39-26-9-7-22(8-10-26)19-41-14-2-1-3-15-41;1-44-26-16-20(5-7-25(26)46-15-12-40-10-13-45-14-11-40)38-31(42)29-28-27-30(36-19-37-32(27)48-29)41(33(43)39-28)22-6-8-24(23(34)17-22)47-18-21-4-2-3-9-35-21;1-39-18-7-8-19(30)20(15-18)36-26-23-24(34-29(36)38)25(42-28(23)32-16-31-26)27(37)33-17-6-9-21(22(14-17)40-2)41-13-12-35-10-4-3-5-11-35/h4-13,16-18,21H,1-3,14-15,19-20H2,(H,39,44)(H,40,45);2-9,16-17,19H,10-15,18H2,1H3,(H,38,42)(H,39,43);6-9,14-16H,3-5,10-13H2,1-2H3,(H,33,37)(H,34,38). The lowest BCUT2D eigenvalue weighted by molar-refractivity contribution is 0.0321. The topological polar surface area (TPSA) is 354 Å². The Balaban J connectivity index is 0.000000131. The molecule has 0 unspecified atom stereocenters. The number of fused-ring (bicyclic) bond motifs is 1. The zero-order valence-corrected chi connectivity index (χ0v) is 77.7. The summed E-state index contributed by atoms with van der Waals surface area (Å²) in [5.41, 5.74) is 8.04. The van der Waals surface area contributed by atoms with E-state index in [1.807, 2.05) is 71.4 Å². The van der Waals surface area contributed by atoms with Crippen molar-refractivity contribution in [2.24, 2.45) is 0 Å². The van der Waals surface area contributed by atoms with Crippen molar-refractivity contribution >= 4 is 203 Å². The molecule has 8 aromatic heterocycles. The number of morpholine rings is 1. The maximum absolute atomic E-state index is 13.7. The van der Waals surface area contributed by atoms with Crippen molar-refractivity contribution in [3.05, 3.63) is 242 Å². The lowest BCUT2D eigenvalue weighted by atomic mass is 10.1. The number of carbonyl (C=O) groups excluding carboxylic acids is 6. The number of nitrogens with zero attached hydrogens (tertiary/aromatic N) is 14. The molecule has 3 fully saturated rings. The van der Waals surface area contributed by atoms with E-state index in [1.165, 1.54) is 108 Å². The molecule has 694 valence electrons. The normalized spacial score (nSPS) is 14.8. The highest BCUT2D eigenvalue weighted by atomic mass is 35.5. The average Bonchev–Trinajstić information content (AvgIpc) is 1.57. The molecule has 33 nitrogen and oxygen atoms in total. The summed E-state index contributed by atoms with van der Waals surface area (Å²) in [4.78, 5) is 126. The van der Waals surface area contributed by atoms with Gasteiger partial charge in [0.25, 0.3) is 17.7 Å². The van der Waals surface area contributed by atoms with Gasteiger partial charge in [0.2, 0.25) is 0 Å². The molecule has 6 aliphatic rings. The van der Waals surface area contributed by atoms with Crippen molar-refractivity contribution < 1.29 is 66.3 Å². The van der Waals surface area contributed by atoms with Crippen molar-refractivity contribution in [2.45, 2.75) is 58.2 Å². The monoisotopic (exact) mass is 1930 g/mol. The molecule has 0 radical (unpaired) electrons. The number of hydrogen-bond acceptors (Lipinski definition) is 26. The van der Waals surface area contributed by atoms with Crippen LogP contribution in [0.25, 0.3) is 41.6 Å². The van der Waals surface area contributed by atoms with Gasteiger partial charge in [-0.1, -0.05) is 66.4 Å². The molecular weight excluding hydrogens is 1840 g/mol. The van der Waals surface area contributed by atoms with Crippen LogP contribution in [-0.4, -0.2) is 190 Å². The van der Waals surface area contributed by atoms with Crippen LogP contribution in [0.15, 0.2) is 195 Å². The molecular formula is C97H89Cl2FN20O13S3. The molecule has 0 atom stereocenters. The van der Waals surface area contributed by atoms with Gasteiger partial charge in [0.1, 0.15) is 85.2 Å². The molecule has 0 bridgehead atoms. The zero-order chi connectivity index (χ0) is 93.5. The Bertz CT molecular complexity index is 7060. The molecule has 14 heterocycles. The zero-order valence-electron chi connectivity index (χ0n) is 73.8. The molecule has 7 aromatic carbocycles. The molecule has 0 saturated carbocycles. The Kier molecular flexibility index (Phi) is 27.3. The third-order valence-electron chi connectivity index (χ3n) is 23.7. The maximum atomic E-state index is 13.7. The minimum absolute atomic E-state index is 0.236. The molecule has 39 heteroatoms. The number of likely N-dealkylation sites (tertiary alicyclic amines) is 2. The number of amides is 9. The van der Waals surface area contributed by atoms with Crippen LogP contribution in [0.5, 0.6) is 34.5 Å². The minimum Gasteiger partial charge on any atom is -0.497 e. The highest BCUT2D eigenvalue weighted by molar-refractivity contribution is 7.22. The molecule has 15 aromatic rings. The van der Waals surface area contributed by atoms with Gasteiger partial charge < -0.3 is 69.6 Å². The smallest absolute Gasteiger partial charge is 0.332 e. The number of ether oxygens (including phenoxy) is 7. The van der Waals surface area contributed by atoms with E-state index >= 15 is 0 Å². The fraction of sp³-hybridized carbons (Fsp3) is 0.247. The van der Waals surface area contributed by atoms with Crippen molar-refractivity contribution in [3.63, 3.8) is 0 Å². The summed E-state index contributed by atoms with van der Waals surface area (Å²) < 4.78 is 55.4. The Morgan fingerprint density at radius 1 is 0.456 bits per heavy atom. The van der Waals surface area contributed by atoms with Crippen molar-refractivity contribution in [2.75, 3.05) is 147 Å². The summed E-state index contributed by atoms with van der Waals surface area (Å²) in [6.45, 7) is 12.0. The van der Waals surface area contributed by atoms with Crippen LogP contribution >= 0.6 is 57.2 Å². The van der Waals surface area contributed by atoms with Gasteiger partial charge >= 0.3 is 18.1 Å². The molecule has 0 spiro atoms. The Morgan fingerprint density at radius 2 is 0.978 bits per heavy atom. The number of halogens is 3. The quantitative estimate of drug-likeness (QED) is 0.0278. The van der Waals surface area contributed by atoms with Gasteiger partial charge in [-0.15, -0.1) is 34.0 Å². The largest absolute Gasteiger partial charge is 0.497 e. The summed E-state index contributed by atoms with van der Waals surface area (Å²) in [6.07, 6.45) is 15.3. The Labute approximate surface area is 800 Å². The highest BCUT2D eigenvalue weighted by Crippen LogP contribution is 2.51. The van der Waals surface area contributed by atoms with E-state index in [-0.39, 0.29) is 28.1 Å². The molecule has 0 aliphatic carbocycles. The summed E-state index contributed by atoms with van der Waals surface area (Å²) in [6, 6.07) is 46.7.